The first-order valence-electron chi connectivity index (χ1n) is 10.2. The number of hydrogen-bond acceptors (Lipinski definition) is 6. The minimum atomic E-state index is -0.821. The third-order valence-corrected chi connectivity index (χ3v) is 11.1. The van der Waals surface area contributed by atoms with Gasteiger partial charge >= 0.3 is 0 Å². The Balaban J connectivity index is 5.00. The number of thioether (sulfide) groups is 2. The summed E-state index contributed by atoms with van der Waals surface area (Å²) in [7, 11) is -0.821. The maximum absolute atomic E-state index is 11.6. The van der Waals surface area contributed by atoms with Gasteiger partial charge in [0.15, 0.2) is 13.6 Å². The summed E-state index contributed by atoms with van der Waals surface area (Å²) in [6.45, 7) is 23.3. The second-order valence-electron chi connectivity index (χ2n) is 8.62. The van der Waals surface area contributed by atoms with Crippen molar-refractivity contribution in [2.45, 2.75) is 98.2 Å². The third-order valence-electron chi connectivity index (χ3n) is 3.98. The Bertz CT molecular complexity index is 416. The summed E-state index contributed by atoms with van der Waals surface area (Å²) in [4.78, 5) is 11.6. The molecule has 0 aliphatic rings. The summed E-state index contributed by atoms with van der Waals surface area (Å²) >= 11 is 5.49. The van der Waals surface area contributed by atoms with E-state index in [9.17, 15) is 4.79 Å². The van der Waals surface area contributed by atoms with Gasteiger partial charge in [-0.05, 0) is 69.2 Å². The van der Waals surface area contributed by atoms with Crippen LogP contribution in [0.25, 0.3) is 0 Å². The van der Waals surface area contributed by atoms with Gasteiger partial charge in [0.1, 0.15) is 0 Å². The van der Waals surface area contributed by atoms with Crippen molar-refractivity contribution in [2.75, 3.05) is 22.5 Å². The highest BCUT2D eigenvalue weighted by molar-refractivity contribution is 14.1. The van der Waals surface area contributed by atoms with Crippen molar-refractivity contribution in [1.29, 1.82) is 0 Å². The molecule has 0 fully saturated rings. The van der Waals surface area contributed by atoms with E-state index in [1.807, 2.05) is 11.8 Å². The molecule has 0 aromatic rings. The highest BCUT2D eigenvalue weighted by Gasteiger charge is 2.34. The lowest BCUT2D eigenvalue weighted by molar-refractivity contribution is -0.108. The Morgan fingerprint density at radius 1 is 0.964 bits per heavy atom. The van der Waals surface area contributed by atoms with Gasteiger partial charge in [-0.2, -0.15) is 11.8 Å². The molecule has 0 aliphatic heterocycles. The summed E-state index contributed by atoms with van der Waals surface area (Å²) in [6.07, 6.45) is 0. The van der Waals surface area contributed by atoms with E-state index in [0.717, 1.165) is 18.1 Å². The molecule has 28 heavy (non-hydrogen) atoms. The minimum Gasteiger partial charge on any atom is -0.330 e. The lowest BCUT2D eigenvalue weighted by Gasteiger charge is -2.45. The number of carbonyl (C=O) groups is 1. The molecule has 0 aromatic carbocycles. The van der Waals surface area contributed by atoms with E-state index in [4.69, 9.17) is 4.52 Å². The predicted molar refractivity (Wildman–Crippen MR) is 140 cm³/mol. The van der Waals surface area contributed by atoms with Crippen LogP contribution in [0.4, 0.5) is 0 Å². The first-order chi connectivity index (χ1) is 12.8. The fourth-order valence-electron chi connectivity index (χ4n) is 3.01. The molecule has 0 bridgehead atoms. The van der Waals surface area contributed by atoms with Gasteiger partial charge in [0.25, 0.3) is 0 Å². The maximum atomic E-state index is 11.6. The summed E-state index contributed by atoms with van der Waals surface area (Å²) in [5, 5.41) is 0.267. The second-order valence-corrected chi connectivity index (χ2v) is 13.9. The van der Waals surface area contributed by atoms with Crippen molar-refractivity contribution in [3.8, 4) is 0 Å². The largest absolute Gasteiger partial charge is 0.330 e. The van der Waals surface area contributed by atoms with Crippen LogP contribution in [0.2, 0.25) is 0 Å². The van der Waals surface area contributed by atoms with E-state index in [1.54, 1.807) is 0 Å². The van der Waals surface area contributed by atoms with E-state index in [1.165, 1.54) is 11.8 Å². The van der Waals surface area contributed by atoms with Crippen molar-refractivity contribution in [2.24, 2.45) is 0 Å². The van der Waals surface area contributed by atoms with Gasteiger partial charge in [0, 0.05) is 40.4 Å². The Hall–Kier alpha value is 1.41. The molecule has 0 rings (SSSR count). The first-order valence-corrected chi connectivity index (χ1v) is 14.8. The zero-order chi connectivity index (χ0) is 22.1. The molecule has 0 saturated heterocycles. The monoisotopic (exact) mass is 564 g/mol. The molecule has 0 radical (unpaired) electrons. The van der Waals surface area contributed by atoms with Crippen LogP contribution >= 0.6 is 54.6 Å². The van der Waals surface area contributed by atoms with Gasteiger partial charge < -0.3 is 4.52 Å². The lowest BCUT2D eigenvalue weighted by Crippen LogP contribution is -2.43. The van der Waals surface area contributed by atoms with Gasteiger partial charge in [0.05, 0.1) is 11.0 Å². The van der Waals surface area contributed by atoms with Gasteiger partial charge in [-0.1, -0.05) is 34.4 Å². The summed E-state index contributed by atoms with van der Waals surface area (Å²) in [6, 6.07) is 1.74. The molecule has 0 amide bonds. The maximum Gasteiger partial charge on any atom is 0.198 e. The molecular formula is C20H42IN2O2PS2. The first kappa shape index (κ1) is 29.4. The second kappa shape index (κ2) is 14.5. The van der Waals surface area contributed by atoms with Crippen molar-refractivity contribution in [1.82, 2.24) is 9.34 Å². The Labute approximate surface area is 198 Å². The third kappa shape index (κ3) is 11.1. The van der Waals surface area contributed by atoms with Gasteiger partial charge in [0.2, 0.25) is 0 Å². The number of nitrogens with zero attached hydrogens (tertiary/aromatic N) is 2. The molecule has 4 nitrogen and oxygen atoms in total. The molecule has 0 saturated carbocycles. The predicted octanol–water partition coefficient (Wildman–Crippen LogP) is 6.67. The number of alkyl halides is 1. The molecule has 168 valence electrons. The van der Waals surface area contributed by atoms with Gasteiger partial charge in [-0.25, -0.2) is 9.34 Å². The Morgan fingerprint density at radius 2 is 1.39 bits per heavy atom. The lowest BCUT2D eigenvalue weighted by atomic mass is 10.2. The van der Waals surface area contributed by atoms with Gasteiger partial charge in [-0.3, -0.25) is 4.79 Å². The van der Waals surface area contributed by atoms with E-state index < -0.39 is 8.45 Å². The van der Waals surface area contributed by atoms with Crippen molar-refractivity contribution in [3.05, 3.63) is 0 Å². The van der Waals surface area contributed by atoms with E-state index >= 15 is 0 Å². The quantitative estimate of drug-likeness (QED) is 0.101. The van der Waals surface area contributed by atoms with Crippen LogP contribution in [0.1, 0.15) is 69.2 Å². The number of halogens is 1. The van der Waals surface area contributed by atoms with Crippen molar-refractivity contribution >= 4 is 59.7 Å². The van der Waals surface area contributed by atoms with Crippen LogP contribution in [-0.2, 0) is 9.32 Å². The molecule has 0 unspecified atom stereocenters. The summed E-state index contributed by atoms with van der Waals surface area (Å²) in [5.41, 5.74) is 0. The Kier molecular flexibility index (Phi) is 15.2. The van der Waals surface area contributed by atoms with Crippen LogP contribution in [0, 0.1) is 0 Å². The average molecular weight is 565 g/mol. The number of carbonyl (C=O) groups excluding carboxylic acids is 1. The summed E-state index contributed by atoms with van der Waals surface area (Å²) < 4.78 is 12.3. The van der Waals surface area contributed by atoms with E-state index in [0.29, 0.717) is 28.6 Å². The fraction of sp³-hybridized carbons (Fsp3) is 0.950. The molecule has 0 aliphatic carbocycles. The SMILES string of the molecule is CC(C)N(C(C)C)P(OCCSC(C)(C)CSC(=O)CI)N(C(C)C)C(C)C. The smallest absolute Gasteiger partial charge is 0.198 e. The molecule has 0 N–H and O–H groups in total. The standard InChI is InChI=1S/C20H42IN2O2PS2/c1-15(2)22(16(3)4)26(23(17(5)6)18(7)8)25-11-12-28-20(9,10)14-27-19(24)13-21/h15-18H,11-14H2,1-10H3. The van der Waals surface area contributed by atoms with Crippen LogP contribution in [0.3, 0.4) is 0 Å². The topological polar surface area (TPSA) is 32.8 Å². The fourth-order valence-corrected chi connectivity index (χ4v) is 7.95. The zero-order valence-corrected chi connectivity index (χ0v) is 24.2. The molecule has 0 heterocycles. The minimum absolute atomic E-state index is 0.0732. The van der Waals surface area contributed by atoms with E-state index in [-0.39, 0.29) is 9.86 Å². The molecule has 8 heteroatoms. The van der Waals surface area contributed by atoms with Crippen molar-refractivity contribution < 1.29 is 9.32 Å². The highest BCUT2D eigenvalue weighted by Crippen LogP contribution is 2.50. The molecule has 0 atom stereocenters. The Morgan fingerprint density at radius 3 is 1.75 bits per heavy atom. The van der Waals surface area contributed by atoms with Crippen LogP contribution < -0.4 is 0 Å². The van der Waals surface area contributed by atoms with Crippen LogP contribution in [-0.4, -0.2) is 65.9 Å². The van der Waals surface area contributed by atoms with Crippen LogP contribution in [0.15, 0.2) is 0 Å². The number of rotatable bonds is 14. The number of hydrogen-bond donors (Lipinski definition) is 0. The normalized spacial score (nSPS) is 13.4. The van der Waals surface area contributed by atoms with Crippen molar-refractivity contribution in [3.63, 3.8) is 0 Å². The zero-order valence-electron chi connectivity index (χ0n) is 19.5. The molecule has 0 aromatic heterocycles. The molecule has 0 spiro atoms. The van der Waals surface area contributed by atoms with Gasteiger partial charge in [-0.15, -0.1) is 0 Å². The van der Waals surface area contributed by atoms with Crippen LogP contribution in [0.5, 0.6) is 0 Å². The highest BCUT2D eigenvalue weighted by atomic mass is 127. The molecular weight excluding hydrogens is 522 g/mol. The van der Waals surface area contributed by atoms with E-state index in [2.05, 4.69) is 101 Å². The summed E-state index contributed by atoms with van der Waals surface area (Å²) in [5.74, 6) is 1.79. The average Bonchev–Trinajstić information content (AvgIpc) is 2.55.